The second-order valence-corrected chi connectivity index (χ2v) is 4.48. The summed E-state index contributed by atoms with van der Waals surface area (Å²) in [5, 5.41) is 8.73. The summed E-state index contributed by atoms with van der Waals surface area (Å²) in [4.78, 5) is 35.6. The number of anilines is 1. The largest absolute Gasteiger partial charge is 0.480 e. The highest BCUT2D eigenvalue weighted by atomic mass is 16.4. The Morgan fingerprint density at radius 1 is 1.37 bits per heavy atom. The van der Waals surface area contributed by atoms with Gasteiger partial charge in [0.05, 0.1) is 0 Å². The molecule has 1 aliphatic heterocycles. The van der Waals surface area contributed by atoms with Gasteiger partial charge in [0.1, 0.15) is 0 Å². The first-order chi connectivity index (χ1) is 8.91. The van der Waals surface area contributed by atoms with E-state index >= 15 is 0 Å². The number of amides is 1. The molecule has 1 aliphatic rings. The van der Waals surface area contributed by atoms with Gasteiger partial charge in [-0.1, -0.05) is 0 Å². The average molecular weight is 262 g/mol. The molecule has 1 heterocycles. The molecule has 1 atom stereocenters. The third-order valence-electron chi connectivity index (χ3n) is 3.26. The molecule has 6 heteroatoms. The summed E-state index contributed by atoms with van der Waals surface area (Å²) in [6.07, 6.45) is 0.925. The van der Waals surface area contributed by atoms with Crippen LogP contribution >= 0.6 is 0 Å². The van der Waals surface area contributed by atoms with Crippen LogP contribution in [0.25, 0.3) is 0 Å². The SMILES string of the molecule is CN1C(=O)CCc2cc(C(=O)C(N)C(=O)O)ccc21. The highest BCUT2D eigenvalue weighted by molar-refractivity contribution is 6.11. The Kier molecular flexibility index (Phi) is 3.35. The smallest absolute Gasteiger partial charge is 0.328 e. The lowest BCUT2D eigenvalue weighted by atomic mass is 9.96. The van der Waals surface area contributed by atoms with Crippen molar-refractivity contribution >= 4 is 23.3 Å². The Hall–Kier alpha value is -2.21. The maximum absolute atomic E-state index is 11.8. The molecule has 6 nitrogen and oxygen atoms in total. The number of fused-ring (bicyclic) bond motifs is 1. The van der Waals surface area contributed by atoms with Crippen LogP contribution in [0.15, 0.2) is 18.2 Å². The lowest BCUT2D eigenvalue weighted by molar-refractivity contribution is -0.137. The first kappa shape index (κ1) is 13.2. The van der Waals surface area contributed by atoms with Gasteiger partial charge in [-0.25, -0.2) is 0 Å². The fourth-order valence-electron chi connectivity index (χ4n) is 2.10. The summed E-state index contributed by atoms with van der Waals surface area (Å²) >= 11 is 0. The number of hydrogen-bond acceptors (Lipinski definition) is 4. The van der Waals surface area contributed by atoms with Crippen LogP contribution in [0.4, 0.5) is 5.69 Å². The average Bonchev–Trinajstić information content (AvgIpc) is 2.40. The van der Waals surface area contributed by atoms with Gasteiger partial charge in [0, 0.05) is 24.7 Å². The van der Waals surface area contributed by atoms with Crippen molar-refractivity contribution in [3.8, 4) is 0 Å². The van der Waals surface area contributed by atoms with Crippen molar-refractivity contribution < 1.29 is 19.5 Å². The minimum Gasteiger partial charge on any atom is -0.480 e. The molecule has 1 amide bonds. The lowest BCUT2D eigenvalue weighted by Gasteiger charge is -2.26. The fraction of sp³-hybridized carbons (Fsp3) is 0.308. The summed E-state index contributed by atoms with van der Waals surface area (Å²) < 4.78 is 0. The Morgan fingerprint density at radius 3 is 2.68 bits per heavy atom. The molecule has 0 aliphatic carbocycles. The van der Waals surface area contributed by atoms with Gasteiger partial charge in [0.2, 0.25) is 5.91 Å². The second kappa shape index (κ2) is 4.81. The minimum atomic E-state index is -1.55. The molecule has 1 aromatic rings. The van der Waals surface area contributed by atoms with Crippen LogP contribution < -0.4 is 10.6 Å². The van der Waals surface area contributed by atoms with E-state index in [1.807, 2.05) is 0 Å². The van der Waals surface area contributed by atoms with Crippen molar-refractivity contribution in [2.45, 2.75) is 18.9 Å². The van der Waals surface area contributed by atoms with Crippen LogP contribution in [0.2, 0.25) is 0 Å². The number of benzene rings is 1. The minimum absolute atomic E-state index is 0.0220. The van der Waals surface area contributed by atoms with Gasteiger partial charge in [-0.05, 0) is 30.2 Å². The summed E-state index contributed by atoms with van der Waals surface area (Å²) in [5.74, 6) is -1.96. The molecule has 100 valence electrons. The van der Waals surface area contributed by atoms with Gasteiger partial charge in [-0.2, -0.15) is 0 Å². The number of carbonyl (C=O) groups excluding carboxylic acids is 2. The Balaban J connectivity index is 2.35. The number of hydrogen-bond donors (Lipinski definition) is 2. The second-order valence-electron chi connectivity index (χ2n) is 4.48. The maximum atomic E-state index is 11.8. The van der Waals surface area contributed by atoms with E-state index in [9.17, 15) is 14.4 Å². The Bertz CT molecular complexity index is 568. The van der Waals surface area contributed by atoms with Crippen LogP contribution in [0.5, 0.6) is 0 Å². The molecule has 0 saturated heterocycles. The number of carboxylic acids is 1. The van der Waals surface area contributed by atoms with Gasteiger partial charge in [0.25, 0.3) is 0 Å². The van der Waals surface area contributed by atoms with Crippen molar-refractivity contribution in [2.24, 2.45) is 5.73 Å². The third kappa shape index (κ3) is 2.34. The van der Waals surface area contributed by atoms with Gasteiger partial charge in [0.15, 0.2) is 11.8 Å². The van der Waals surface area contributed by atoms with E-state index in [1.165, 1.54) is 11.0 Å². The van der Waals surface area contributed by atoms with Crippen LogP contribution in [0.1, 0.15) is 22.3 Å². The van der Waals surface area contributed by atoms with Gasteiger partial charge in [-0.3, -0.25) is 14.4 Å². The van der Waals surface area contributed by atoms with Crippen LogP contribution in [0, 0.1) is 0 Å². The van der Waals surface area contributed by atoms with Gasteiger partial charge in [-0.15, -0.1) is 0 Å². The fourth-order valence-corrected chi connectivity index (χ4v) is 2.10. The highest BCUT2D eigenvalue weighted by Crippen LogP contribution is 2.27. The molecule has 2 rings (SSSR count). The van der Waals surface area contributed by atoms with E-state index in [2.05, 4.69) is 0 Å². The predicted octanol–water partition coefficient (Wildman–Crippen LogP) is 0.190. The molecule has 0 spiro atoms. The molecule has 3 N–H and O–H groups in total. The standard InChI is InChI=1S/C13H14N2O4/c1-15-9-4-2-8(12(17)11(14)13(18)19)6-7(9)3-5-10(15)16/h2,4,6,11H,3,5,14H2,1H3,(H,18,19). The third-order valence-corrected chi connectivity index (χ3v) is 3.26. The highest BCUT2D eigenvalue weighted by Gasteiger charge is 2.26. The molecular formula is C13H14N2O4. The molecule has 0 fully saturated rings. The molecule has 1 aromatic carbocycles. The summed E-state index contributed by atoms with van der Waals surface area (Å²) in [5.41, 5.74) is 7.16. The van der Waals surface area contributed by atoms with Gasteiger partial charge >= 0.3 is 5.97 Å². The van der Waals surface area contributed by atoms with Crippen LogP contribution in [0.3, 0.4) is 0 Å². The molecule has 0 saturated carbocycles. The number of carboxylic acid groups (broad SMARTS) is 1. The summed E-state index contributed by atoms with van der Waals surface area (Å²) in [6, 6.07) is 3.21. The van der Waals surface area contributed by atoms with Crippen molar-refractivity contribution in [1.29, 1.82) is 0 Å². The quantitative estimate of drug-likeness (QED) is 0.598. The number of carbonyl (C=O) groups is 3. The first-order valence-corrected chi connectivity index (χ1v) is 5.84. The van der Waals surface area contributed by atoms with Crippen molar-refractivity contribution in [3.63, 3.8) is 0 Å². The van der Waals surface area contributed by atoms with Gasteiger partial charge < -0.3 is 15.7 Å². The van der Waals surface area contributed by atoms with Crippen molar-refractivity contribution in [3.05, 3.63) is 29.3 Å². The van der Waals surface area contributed by atoms with E-state index < -0.39 is 17.8 Å². The Morgan fingerprint density at radius 2 is 2.05 bits per heavy atom. The molecule has 0 radical (unpaired) electrons. The van der Waals surface area contributed by atoms with E-state index in [1.54, 1.807) is 19.2 Å². The molecular weight excluding hydrogens is 248 g/mol. The van der Waals surface area contributed by atoms with Crippen LogP contribution in [-0.4, -0.2) is 35.9 Å². The van der Waals surface area contributed by atoms with Crippen molar-refractivity contribution in [2.75, 3.05) is 11.9 Å². The number of nitrogens with zero attached hydrogens (tertiary/aromatic N) is 1. The number of ketones is 1. The predicted molar refractivity (Wildman–Crippen MR) is 68.1 cm³/mol. The normalized spacial score (nSPS) is 15.9. The maximum Gasteiger partial charge on any atom is 0.328 e. The van der Waals surface area contributed by atoms with E-state index in [0.29, 0.717) is 12.8 Å². The number of Topliss-reactive ketones (excluding diaryl/α,β-unsaturated/α-hetero) is 1. The first-order valence-electron chi connectivity index (χ1n) is 5.84. The number of nitrogens with two attached hydrogens (primary N) is 1. The zero-order valence-corrected chi connectivity index (χ0v) is 10.4. The summed E-state index contributed by atoms with van der Waals surface area (Å²) in [6.45, 7) is 0. The molecule has 1 unspecified atom stereocenters. The molecule has 0 aromatic heterocycles. The molecule has 0 bridgehead atoms. The summed E-state index contributed by atoms with van der Waals surface area (Å²) in [7, 11) is 1.67. The van der Waals surface area contributed by atoms with E-state index in [-0.39, 0.29) is 11.5 Å². The zero-order chi connectivity index (χ0) is 14.2. The van der Waals surface area contributed by atoms with E-state index in [0.717, 1.165) is 11.3 Å². The van der Waals surface area contributed by atoms with Crippen molar-refractivity contribution in [1.82, 2.24) is 0 Å². The topological polar surface area (TPSA) is 101 Å². The number of aliphatic carboxylic acids is 1. The monoisotopic (exact) mass is 262 g/mol. The zero-order valence-electron chi connectivity index (χ0n) is 10.4. The lowest BCUT2D eigenvalue weighted by Crippen LogP contribution is -2.38. The van der Waals surface area contributed by atoms with Crippen LogP contribution in [-0.2, 0) is 16.0 Å². The number of aryl methyl sites for hydroxylation is 1. The Labute approximate surface area is 109 Å². The molecule has 19 heavy (non-hydrogen) atoms. The number of rotatable bonds is 3. The van der Waals surface area contributed by atoms with E-state index in [4.69, 9.17) is 10.8 Å².